The van der Waals surface area contributed by atoms with Crippen molar-refractivity contribution in [2.75, 3.05) is 17.3 Å². The second-order valence-corrected chi connectivity index (χ2v) is 4.50. The Morgan fingerprint density at radius 2 is 2.00 bits per heavy atom. The molecule has 1 unspecified atom stereocenters. The first-order valence-electron chi connectivity index (χ1n) is 5.74. The lowest BCUT2D eigenvalue weighted by molar-refractivity contribution is 0.161. The summed E-state index contributed by atoms with van der Waals surface area (Å²) >= 11 is 0. The van der Waals surface area contributed by atoms with Crippen LogP contribution in [0.3, 0.4) is 0 Å². The van der Waals surface area contributed by atoms with Crippen LogP contribution in [0.15, 0.2) is 6.33 Å². The highest BCUT2D eigenvalue weighted by atomic mass is 16.3. The molecule has 1 atom stereocenters. The van der Waals surface area contributed by atoms with E-state index >= 15 is 0 Å². The van der Waals surface area contributed by atoms with Crippen molar-refractivity contribution in [3.8, 4) is 0 Å². The zero-order valence-corrected chi connectivity index (χ0v) is 10.6. The highest BCUT2D eigenvalue weighted by Gasteiger charge is 2.09. The lowest BCUT2D eigenvalue weighted by Crippen LogP contribution is -2.22. The van der Waals surface area contributed by atoms with Crippen LogP contribution in [0.25, 0.3) is 0 Å². The molecule has 1 aromatic rings. The first-order valence-corrected chi connectivity index (χ1v) is 5.74. The van der Waals surface area contributed by atoms with Crippen molar-refractivity contribution in [1.29, 1.82) is 0 Å². The number of aromatic nitrogens is 2. The number of nitrogens with two attached hydrogens (primary N) is 1. The molecule has 0 radical (unpaired) electrons. The van der Waals surface area contributed by atoms with Gasteiger partial charge in [0.05, 0.1) is 6.10 Å². The van der Waals surface area contributed by atoms with E-state index in [1.54, 1.807) is 0 Å². The molecule has 0 bridgehead atoms. The van der Waals surface area contributed by atoms with Crippen LogP contribution in [-0.2, 0) is 0 Å². The molecular formula is C11H21N5O. The Bertz CT molecular complexity index is 356. The first kappa shape index (κ1) is 13.7. The van der Waals surface area contributed by atoms with Gasteiger partial charge in [0.25, 0.3) is 0 Å². The fourth-order valence-electron chi connectivity index (χ4n) is 1.62. The van der Waals surface area contributed by atoms with Gasteiger partial charge in [-0.05, 0) is 19.3 Å². The third-order valence-corrected chi connectivity index (χ3v) is 2.47. The molecule has 0 saturated carbocycles. The Morgan fingerprint density at radius 1 is 1.35 bits per heavy atom. The van der Waals surface area contributed by atoms with Crippen molar-refractivity contribution >= 4 is 11.6 Å². The minimum Gasteiger partial charge on any atom is -0.391 e. The Labute approximate surface area is 102 Å². The normalized spacial score (nSPS) is 12.6. The summed E-state index contributed by atoms with van der Waals surface area (Å²) in [5, 5.41) is 12.8. The fraction of sp³-hybridized carbons (Fsp3) is 0.636. The molecule has 0 spiro atoms. The predicted octanol–water partition coefficient (Wildman–Crippen LogP) is 0.890. The average molecular weight is 239 g/mol. The van der Waals surface area contributed by atoms with Crippen LogP contribution < -0.4 is 16.6 Å². The SMILES string of the molecule is Cc1c(NN)ncnc1NCC(O)CC(C)C. The van der Waals surface area contributed by atoms with E-state index in [9.17, 15) is 5.11 Å². The van der Waals surface area contributed by atoms with Crippen LogP contribution in [0.1, 0.15) is 25.8 Å². The number of nitrogen functional groups attached to an aromatic ring is 1. The molecule has 0 fully saturated rings. The number of nitrogens with one attached hydrogen (secondary N) is 2. The predicted molar refractivity (Wildman–Crippen MR) is 68.5 cm³/mol. The van der Waals surface area contributed by atoms with Gasteiger partial charge >= 0.3 is 0 Å². The molecule has 0 aromatic carbocycles. The van der Waals surface area contributed by atoms with E-state index in [1.807, 2.05) is 6.92 Å². The first-order chi connectivity index (χ1) is 8.04. The van der Waals surface area contributed by atoms with E-state index in [-0.39, 0.29) is 6.10 Å². The molecule has 1 heterocycles. The van der Waals surface area contributed by atoms with E-state index in [0.29, 0.717) is 24.1 Å². The Balaban J connectivity index is 2.57. The highest BCUT2D eigenvalue weighted by Crippen LogP contribution is 2.17. The fourth-order valence-corrected chi connectivity index (χ4v) is 1.62. The minimum atomic E-state index is -0.376. The van der Waals surface area contributed by atoms with E-state index < -0.39 is 0 Å². The third kappa shape index (κ3) is 4.16. The van der Waals surface area contributed by atoms with Gasteiger partial charge in [-0.25, -0.2) is 15.8 Å². The summed E-state index contributed by atoms with van der Waals surface area (Å²) in [5.41, 5.74) is 3.34. The molecule has 0 saturated heterocycles. The summed E-state index contributed by atoms with van der Waals surface area (Å²) in [6.07, 6.45) is 1.82. The maximum atomic E-state index is 9.75. The topological polar surface area (TPSA) is 96.1 Å². The molecule has 0 aliphatic rings. The number of aliphatic hydroxyl groups is 1. The molecule has 0 amide bonds. The summed E-state index contributed by atoms with van der Waals surface area (Å²) in [5.74, 6) is 7.07. The summed E-state index contributed by atoms with van der Waals surface area (Å²) in [4.78, 5) is 8.09. The Morgan fingerprint density at radius 3 is 2.59 bits per heavy atom. The zero-order valence-electron chi connectivity index (χ0n) is 10.6. The van der Waals surface area contributed by atoms with Gasteiger partial charge < -0.3 is 15.8 Å². The number of hydrogen-bond donors (Lipinski definition) is 4. The molecule has 0 aliphatic carbocycles. The maximum absolute atomic E-state index is 9.75. The van der Waals surface area contributed by atoms with Crippen LogP contribution in [0.4, 0.5) is 11.6 Å². The zero-order chi connectivity index (χ0) is 12.8. The Kier molecular flexibility index (Phi) is 5.11. The summed E-state index contributed by atoms with van der Waals surface area (Å²) < 4.78 is 0. The average Bonchev–Trinajstić information content (AvgIpc) is 2.27. The monoisotopic (exact) mass is 239 g/mol. The maximum Gasteiger partial charge on any atom is 0.148 e. The van der Waals surface area contributed by atoms with Gasteiger partial charge in [0.1, 0.15) is 18.0 Å². The van der Waals surface area contributed by atoms with Gasteiger partial charge in [0.2, 0.25) is 0 Å². The largest absolute Gasteiger partial charge is 0.391 e. The van der Waals surface area contributed by atoms with Crippen molar-refractivity contribution in [3.63, 3.8) is 0 Å². The van der Waals surface area contributed by atoms with Gasteiger partial charge in [-0.1, -0.05) is 13.8 Å². The molecule has 1 aromatic heterocycles. The number of nitrogens with zero attached hydrogens (tertiary/aromatic N) is 2. The second-order valence-electron chi connectivity index (χ2n) is 4.50. The lowest BCUT2D eigenvalue weighted by atomic mass is 10.1. The number of anilines is 2. The van der Waals surface area contributed by atoms with Crippen molar-refractivity contribution in [3.05, 3.63) is 11.9 Å². The van der Waals surface area contributed by atoms with Gasteiger partial charge in [-0.2, -0.15) is 0 Å². The lowest BCUT2D eigenvalue weighted by Gasteiger charge is -2.15. The molecule has 1 rings (SSSR count). The van der Waals surface area contributed by atoms with E-state index in [0.717, 1.165) is 12.0 Å². The quantitative estimate of drug-likeness (QED) is 0.435. The number of rotatable bonds is 6. The molecule has 6 heteroatoms. The van der Waals surface area contributed by atoms with Crippen LogP contribution in [0, 0.1) is 12.8 Å². The molecule has 17 heavy (non-hydrogen) atoms. The van der Waals surface area contributed by atoms with Crippen molar-refractivity contribution in [1.82, 2.24) is 9.97 Å². The highest BCUT2D eigenvalue weighted by molar-refractivity contribution is 5.55. The van der Waals surface area contributed by atoms with Crippen LogP contribution in [0.2, 0.25) is 0 Å². The molecule has 96 valence electrons. The van der Waals surface area contributed by atoms with Crippen molar-refractivity contribution < 1.29 is 5.11 Å². The molecule has 0 aliphatic heterocycles. The summed E-state index contributed by atoms with van der Waals surface area (Å²) in [7, 11) is 0. The van der Waals surface area contributed by atoms with Gasteiger partial charge in [-0.3, -0.25) is 0 Å². The van der Waals surface area contributed by atoms with Gasteiger partial charge in [0, 0.05) is 12.1 Å². The second kappa shape index (κ2) is 6.36. The summed E-state index contributed by atoms with van der Waals surface area (Å²) in [6.45, 7) is 6.50. The van der Waals surface area contributed by atoms with Gasteiger partial charge in [-0.15, -0.1) is 0 Å². The van der Waals surface area contributed by atoms with Crippen LogP contribution in [0.5, 0.6) is 0 Å². The smallest absolute Gasteiger partial charge is 0.148 e. The standard InChI is InChI=1S/C11H21N5O/c1-7(2)4-9(17)5-13-10-8(3)11(16-12)15-6-14-10/h6-7,9,17H,4-5,12H2,1-3H3,(H2,13,14,15,16). The van der Waals surface area contributed by atoms with Crippen LogP contribution >= 0.6 is 0 Å². The summed E-state index contributed by atoms with van der Waals surface area (Å²) in [6, 6.07) is 0. The third-order valence-electron chi connectivity index (χ3n) is 2.47. The number of aliphatic hydroxyl groups excluding tert-OH is 1. The number of hydrogen-bond acceptors (Lipinski definition) is 6. The van der Waals surface area contributed by atoms with E-state index in [2.05, 4.69) is 34.6 Å². The Hall–Kier alpha value is -1.40. The van der Waals surface area contributed by atoms with E-state index in [4.69, 9.17) is 5.84 Å². The minimum absolute atomic E-state index is 0.376. The van der Waals surface area contributed by atoms with E-state index in [1.165, 1.54) is 6.33 Å². The van der Waals surface area contributed by atoms with Crippen molar-refractivity contribution in [2.24, 2.45) is 11.8 Å². The number of hydrazine groups is 1. The molecule has 5 N–H and O–H groups in total. The molecular weight excluding hydrogens is 218 g/mol. The molecule has 6 nitrogen and oxygen atoms in total. The van der Waals surface area contributed by atoms with Gasteiger partial charge in [0.15, 0.2) is 0 Å². The van der Waals surface area contributed by atoms with Crippen molar-refractivity contribution in [2.45, 2.75) is 33.3 Å². The van der Waals surface area contributed by atoms with Crippen LogP contribution in [-0.4, -0.2) is 27.7 Å².